The Morgan fingerprint density at radius 1 is 1.14 bits per heavy atom. The predicted molar refractivity (Wildman–Crippen MR) is 108 cm³/mol. The number of carbonyl (C=O) groups is 2. The van der Waals surface area contributed by atoms with Crippen LogP contribution in [0.5, 0.6) is 0 Å². The lowest BCUT2D eigenvalue weighted by molar-refractivity contribution is -0.126. The molecule has 28 heavy (non-hydrogen) atoms. The van der Waals surface area contributed by atoms with Crippen LogP contribution < -0.4 is 5.32 Å². The number of likely N-dealkylation sites (tertiary alicyclic amines) is 1. The molecular formula is C20H31N3O4S. The number of hydrogen-bond acceptors (Lipinski definition) is 4. The van der Waals surface area contributed by atoms with E-state index in [9.17, 15) is 18.0 Å². The molecule has 8 heteroatoms. The molecular weight excluding hydrogens is 378 g/mol. The van der Waals surface area contributed by atoms with Gasteiger partial charge in [-0.05, 0) is 43.5 Å². The maximum atomic E-state index is 12.8. The number of rotatable bonds is 8. The first-order valence-corrected chi connectivity index (χ1v) is 11.5. The van der Waals surface area contributed by atoms with Crippen molar-refractivity contribution < 1.29 is 18.0 Å². The second-order valence-corrected chi connectivity index (χ2v) is 8.93. The average Bonchev–Trinajstić information content (AvgIpc) is 2.72. The number of nitrogens with zero attached hydrogens (tertiary/aromatic N) is 2. The number of piperidine rings is 1. The van der Waals surface area contributed by atoms with Gasteiger partial charge in [0, 0.05) is 38.3 Å². The van der Waals surface area contributed by atoms with E-state index < -0.39 is 10.0 Å². The van der Waals surface area contributed by atoms with E-state index in [4.69, 9.17) is 0 Å². The summed E-state index contributed by atoms with van der Waals surface area (Å²) in [6.07, 6.45) is 2.44. The Kier molecular flexibility index (Phi) is 8.00. The molecule has 1 heterocycles. The van der Waals surface area contributed by atoms with Gasteiger partial charge >= 0.3 is 0 Å². The van der Waals surface area contributed by atoms with Gasteiger partial charge in [-0.25, -0.2) is 8.42 Å². The van der Waals surface area contributed by atoms with Crippen molar-refractivity contribution in [1.29, 1.82) is 0 Å². The summed E-state index contributed by atoms with van der Waals surface area (Å²) in [5, 5.41) is 2.90. The van der Waals surface area contributed by atoms with Gasteiger partial charge in [0.05, 0.1) is 10.8 Å². The van der Waals surface area contributed by atoms with Crippen molar-refractivity contribution in [3.8, 4) is 0 Å². The number of sulfonamides is 1. The Morgan fingerprint density at radius 3 is 2.36 bits per heavy atom. The van der Waals surface area contributed by atoms with E-state index in [0.29, 0.717) is 38.3 Å². The lowest BCUT2D eigenvalue weighted by atomic mass is 9.96. The zero-order valence-electron chi connectivity index (χ0n) is 17.0. The lowest BCUT2D eigenvalue weighted by Crippen LogP contribution is -2.45. The molecule has 1 fully saturated rings. The van der Waals surface area contributed by atoms with E-state index in [-0.39, 0.29) is 22.6 Å². The number of nitrogens with one attached hydrogen (secondary N) is 1. The fourth-order valence-corrected chi connectivity index (χ4v) is 4.89. The molecule has 0 bridgehead atoms. The molecule has 1 aliphatic heterocycles. The Balaban J connectivity index is 2.09. The molecule has 1 unspecified atom stereocenters. The molecule has 0 radical (unpaired) electrons. The zero-order chi connectivity index (χ0) is 20.7. The number of hydrogen-bond donors (Lipinski definition) is 1. The number of benzene rings is 1. The monoisotopic (exact) mass is 409 g/mol. The maximum Gasteiger partial charge on any atom is 0.253 e. The fraction of sp³-hybridized carbons (Fsp3) is 0.600. The summed E-state index contributed by atoms with van der Waals surface area (Å²) in [7, 11) is -3.54. The van der Waals surface area contributed by atoms with Gasteiger partial charge in [-0.2, -0.15) is 4.31 Å². The average molecular weight is 410 g/mol. The van der Waals surface area contributed by atoms with Crippen molar-refractivity contribution in [3.05, 3.63) is 29.8 Å². The molecule has 1 atom stereocenters. The van der Waals surface area contributed by atoms with Crippen molar-refractivity contribution in [3.63, 3.8) is 0 Å². The largest absolute Gasteiger partial charge is 0.356 e. The molecule has 1 aromatic carbocycles. The topological polar surface area (TPSA) is 86.8 Å². The van der Waals surface area contributed by atoms with Crippen LogP contribution in [0.15, 0.2) is 29.2 Å². The minimum Gasteiger partial charge on any atom is -0.356 e. The van der Waals surface area contributed by atoms with E-state index in [0.717, 1.165) is 19.3 Å². The van der Waals surface area contributed by atoms with Crippen LogP contribution in [0, 0.1) is 5.92 Å². The third-order valence-electron chi connectivity index (χ3n) is 5.07. The lowest BCUT2D eigenvalue weighted by Gasteiger charge is -2.32. The molecule has 2 rings (SSSR count). The van der Waals surface area contributed by atoms with Crippen LogP contribution in [0.3, 0.4) is 0 Å². The zero-order valence-corrected chi connectivity index (χ0v) is 17.8. The van der Waals surface area contributed by atoms with Crippen LogP contribution in [0.1, 0.15) is 50.4 Å². The Labute approximate surface area is 168 Å². The summed E-state index contributed by atoms with van der Waals surface area (Å²) in [5.74, 6) is -0.355. The molecule has 0 aromatic heterocycles. The minimum atomic E-state index is -3.54. The van der Waals surface area contributed by atoms with Gasteiger partial charge in [0.2, 0.25) is 15.9 Å². The van der Waals surface area contributed by atoms with Crippen LogP contribution in [-0.4, -0.2) is 62.2 Å². The standard InChI is InChI=1S/C20H31N3O4S/c1-4-13-21-19(24)17-8-7-14-22(15-17)20(25)16-9-11-18(12-10-16)28(26,27)23(5-2)6-3/h9-12,17H,4-8,13-15H2,1-3H3,(H,21,24). The van der Waals surface area contributed by atoms with Crippen molar-refractivity contribution in [2.75, 3.05) is 32.7 Å². The van der Waals surface area contributed by atoms with Crippen molar-refractivity contribution in [2.45, 2.75) is 44.9 Å². The van der Waals surface area contributed by atoms with Crippen molar-refractivity contribution >= 4 is 21.8 Å². The predicted octanol–water partition coefficient (Wildman–Crippen LogP) is 2.10. The van der Waals surface area contributed by atoms with Gasteiger partial charge in [0.1, 0.15) is 0 Å². The quantitative estimate of drug-likeness (QED) is 0.712. The highest BCUT2D eigenvalue weighted by atomic mass is 32.2. The minimum absolute atomic E-state index is 0.0000129. The SMILES string of the molecule is CCCNC(=O)C1CCCN(C(=O)c2ccc(S(=O)(=O)N(CC)CC)cc2)C1. The first-order chi connectivity index (χ1) is 13.3. The molecule has 2 amide bonds. The first kappa shape index (κ1) is 22.4. The summed E-state index contributed by atoms with van der Waals surface area (Å²) >= 11 is 0. The smallest absolute Gasteiger partial charge is 0.253 e. The summed E-state index contributed by atoms with van der Waals surface area (Å²) in [5.41, 5.74) is 0.438. The molecule has 156 valence electrons. The Hall–Kier alpha value is -1.93. The molecule has 0 aliphatic carbocycles. The van der Waals surface area contributed by atoms with E-state index in [1.165, 1.54) is 16.4 Å². The highest BCUT2D eigenvalue weighted by Gasteiger charge is 2.29. The number of carbonyl (C=O) groups excluding carboxylic acids is 2. The molecule has 1 saturated heterocycles. The van der Waals surface area contributed by atoms with Gasteiger partial charge in [-0.15, -0.1) is 0 Å². The van der Waals surface area contributed by atoms with E-state index in [1.54, 1.807) is 30.9 Å². The second kappa shape index (κ2) is 10.0. The summed E-state index contributed by atoms with van der Waals surface area (Å²) in [6, 6.07) is 6.07. The Morgan fingerprint density at radius 2 is 1.79 bits per heavy atom. The van der Waals surface area contributed by atoms with Gasteiger partial charge in [-0.3, -0.25) is 9.59 Å². The molecule has 1 aromatic rings. The van der Waals surface area contributed by atoms with Gasteiger partial charge in [0.15, 0.2) is 0 Å². The van der Waals surface area contributed by atoms with E-state index in [2.05, 4.69) is 5.32 Å². The third-order valence-corrected chi connectivity index (χ3v) is 7.14. The fourth-order valence-electron chi connectivity index (χ4n) is 3.43. The Bertz CT molecular complexity index is 773. The van der Waals surface area contributed by atoms with Gasteiger partial charge < -0.3 is 10.2 Å². The normalized spacial score (nSPS) is 17.6. The van der Waals surface area contributed by atoms with Crippen molar-refractivity contribution in [1.82, 2.24) is 14.5 Å². The summed E-state index contributed by atoms with van der Waals surface area (Å²) in [4.78, 5) is 26.9. The van der Waals surface area contributed by atoms with Crippen LogP contribution in [0.2, 0.25) is 0 Å². The van der Waals surface area contributed by atoms with Gasteiger partial charge in [-0.1, -0.05) is 20.8 Å². The second-order valence-electron chi connectivity index (χ2n) is 7.00. The molecule has 0 saturated carbocycles. The van der Waals surface area contributed by atoms with Crippen LogP contribution in [0.25, 0.3) is 0 Å². The van der Waals surface area contributed by atoms with E-state index in [1.807, 2.05) is 6.92 Å². The first-order valence-electron chi connectivity index (χ1n) is 10.0. The van der Waals surface area contributed by atoms with Crippen LogP contribution in [0.4, 0.5) is 0 Å². The molecule has 1 aliphatic rings. The molecule has 0 spiro atoms. The number of amides is 2. The highest BCUT2D eigenvalue weighted by Crippen LogP contribution is 2.21. The molecule has 7 nitrogen and oxygen atoms in total. The summed E-state index contributed by atoms with van der Waals surface area (Å²) in [6.45, 7) is 8.03. The highest BCUT2D eigenvalue weighted by molar-refractivity contribution is 7.89. The maximum absolute atomic E-state index is 12.8. The van der Waals surface area contributed by atoms with Crippen LogP contribution in [-0.2, 0) is 14.8 Å². The van der Waals surface area contributed by atoms with Gasteiger partial charge in [0.25, 0.3) is 5.91 Å². The molecule has 1 N–H and O–H groups in total. The van der Waals surface area contributed by atoms with E-state index >= 15 is 0 Å². The van der Waals surface area contributed by atoms with Crippen LogP contribution >= 0.6 is 0 Å². The van der Waals surface area contributed by atoms with Crippen molar-refractivity contribution in [2.24, 2.45) is 5.92 Å². The summed E-state index contributed by atoms with van der Waals surface area (Å²) < 4.78 is 26.5. The third kappa shape index (κ3) is 5.11.